The summed E-state index contributed by atoms with van der Waals surface area (Å²) in [7, 11) is -0.995. The SMILES string of the molecule is CC1=CS(=O)CC1=O. The van der Waals surface area contributed by atoms with Crippen molar-refractivity contribution in [3.63, 3.8) is 0 Å². The van der Waals surface area contributed by atoms with E-state index in [0.29, 0.717) is 5.57 Å². The summed E-state index contributed by atoms with van der Waals surface area (Å²) in [5.41, 5.74) is 0.642. The van der Waals surface area contributed by atoms with E-state index < -0.39 is 10.8 Å². The van der Waals surface area contributed by atoms with Crippen molar-refractivity contribution in [2.75, 3.05) is 5.75 Å². The average molecular weight is 130 g/mol. The lowest BCUT2D eigenvalue weighted by Gasteiger charge is -1.79. The summed E-state index contributed by atoms with van der Waals surface area (Å²) in [5.74, 6) is 0.217. The molecule has 1 aliphatic heterocycles. The Morgan fingerprint density at radius 1 is 1.75 bits per heavy atom. The van der Waals surface area contributed by atoms with E-state index in [9.17, 15) is 9.00 Å². The molecule has 1 atom stereocenters. The second kappa shape index (κ2) is 1.82. The van der Waals surface area contributed by atoms with Crippen molar-refractivity contribution < 1.29 is 9.00 Å². The number of hydrogen-bond acceptors (Lipinski definition) is 2. The fourth-order valence-electron chi connectivity index (χ4n) is 0.548. The highest BCUT2D eigenvalue weighted by Crippen LogP contribution is 2.06. The third kappa shape index (κ3) is 0.865. The first-order valence-corrected chi connectivity index (χ1v) is 3.67. The fourth-order valence-corrected chi connectivity index (χ4v) is 1.64. The molecule has 0 aromatic carbocycles. The van der Waals surface area contributed by atoms with Crippen LogP contribution in [0.2, 0.25) is 0 Å². The third-order valence-corrected chi connectivity index (χ3v) is 2.18. The van der Waals surface area contributed by atoms with Crippen LogP contribution in [0.5, 0.6) is 0 Å². The first-order valence-electron chi connectivity index (χ1n) is 2.29. The molecule has 1 heterocycles. The predicted octanol–water partition coefficient (Wildman–Crippen LogP) is 0.222. The highest BCUT2D eigenvalue weighted by molar-refractivity contribution is 7.89. The van der Waals surface area contributed by atoms with Gasteiger partial charge in [-0.15, -0.1) is 0 Å². The fraction of sp³-hybridized carbons (Fsp3) is 0.400. The molecule has 8 heavy (non-hydrogen) atoms. The van der Waals surface area contributed by atoms with Crippen LogP contribution in [0.4, 0.5) is 0 Å². The number of Topliss-reactive ketones (excluding diaryl/α,β-unsaturated/α-hetero) is 1. The number of rotatable bonds is 0. The zero-order valence-corrected chi connectivity index (χ0v) is 5.33. The summed E-state index contributed by atoms with van der Waals surface area (Å²) in [6, 6.07) is 0. The third-order valence-electron chi connectivity index (χ3n) is 1.02. The highest BCUT2D eigenvalue weighted by atomic mass is 32.2. The van der Waals surface area contributed by atoms with E-state index in [1.165, 1.54) is 5.41 Å². The van der Waals surface area contributed by atoms with Crippen molar-refractivity contribution >= 4 is 16.6 Å². The molecule has 0 spiro atoms. The summed E-state index contributed by atoms with van der Waals surface area (Å²) in [4.78, 5) is 10.5. The number of hydrogen-bond donors (Lipinski definition) is 0. The quantitative estimate of drug-likeness (QED) is 0.470. The summed E-state index contributed by atoms with van der Waals surface area (Å²) < 4.78 is 10.5. The predicted molar refractivity (Wildman–Crippen MR) is 31.8 cm³/mol. The van der Waals surface area contributed by atoms with Gasteiger partial charge in [0.2, 0.25) is 0 Å². The number of ketones is 1. The zero-order valence-electron chi connectivity index (χ0n) is 4.51. The Labute approximate surface area is 50.0 Å². The second-order valence-electron chi connectivity index (χ2n) is 1.75. The maximum absolute atomic E-state index is 10.5. The molecule has 3 heteroatoms. The van der Waals surface area contributed by atoms with Crippen LogP contribution in [0.15, 0.2) is 11.0 Å². The maximum Gasteiger partial charge on any atom is 0.171 e. The van der Waals surface area contributed by atoms with Crippen molar-refractivity contribution in [2.45, 2.75) is 6.92 Å². The van der Waals surface area contributed by atoms with Gasteiger partial charge in [0.25, 0.3) is 0 Å². The molecular formula is C5H6O2S. The van der Waals surface area contributed by atoms with Crippen molar-refractivity contribution in [3.8, 4) is 0 Å². The van der Waals surface area contributed by atoms with E-state index >= 15 is 0 Å². The van der Waals surface area contributed by atoms with Gasteiger partial charge in [-0.3, -0.25) is 9.00 Å². The lowest BCUT2D eigenvalue weighted by molar-refractivity contribution is -0.113. The number of allylic oxidation sites excluding steroid dienone is 1. The van der Waals surface area contributed by atoms with E-state index in [1.54, 1.807) is 6.92 Å². The highest BCUT2D eigenvalue weighted by Gasteiger charge is 2.15. The number of carbonyl (C=O) groups excluding carboxylic acids is 1. The zero-order chi connectivity index (χ0) is 6.15. The molecule has 0 radical (unpaired) electrons. The Morgan fingerprint density at radius 2 is 2.38 bits per heavy atom. The Kier molecular flexibility index (Phi) is 1.29. The van der Waals surface area contributed by atoms with Crippen LogP contribution in [-0.2, 0) is 15.6 Å². The Bertz CT molecular complexity index is 181. The van der Waals surface area contributed by atoms with Crippen molar-refractivity contribution in [1.29, 1.82) is 0 Å². The molecule has 0 saturated carbocycles. The van der Waals surface area contributed by atoms with Gasteiger partial charge in [0.1, 0.15) is 0 Å². The molecule has 0 saturated heterocycles. The van der Waals surface area contributed by atoms with Crippen molar-refractivity contribution in [2.24, 2.45) is 0 Å². The molecule has 0 aromatic heterocycles. The van der Waals surface area contributed by atoms with E-state index in [0.717, 1.165) is 0 Å². The molecule has 1 aliphatic rings. The van der Waals surface area contributed by atoms with Crippen LogP contribution in [0, 0.1) is 0 Å². The molecular weight excluding hydrogens is 124 g/mol. The van der Waals surface area contributed by atoms with Gasteiger partial charge < -0.3 is 0 Å². The molecule has 0 fully saturated rings. The molecule has 0 N–H and O–H groups in total. The molecule has 2 nitrogen and oxygen atoms in total. The minimum atomic E-state index is -0.995. The number of carbonyl (C=O) groups is 1. The minimum absolute atomic E-state index is 0.0170. The summed E-state index contributed by atoms with van der Waals surface area (Å²) in [6.07, 6.45) is 0. The van der Waals surface area contributed by atoms with Gasteiger partial charge in [-0.25, -0.2) is 0 Å². The molecule has 0 bridgehead atoms. The van der Waals surface area contributed by atoms with Crippen LogP contribution < -0.4 is 0 Å². The van der Waals surface area contributed by atoms with Gasteiger partial charge in [0.05, 0.1) is 16.6 Å². The summed E-state index contributed by atoms with van der Waals surface area (Å²) >= 11 is 0. The van der Waals surface area contributed by atoms with Crippen LogP contribution in [-0.4, -0.2) is 15.7 Å². The topological polar surface area (TPSA) is 34.1 Å². The van der Waals surface area contributed by atoms with E-state index in [-0.39, 0.29) is 11.5 Å². The van der Waals surface area contributed by atoms with Gasteiger partial charge >= 0.3 is 0 Å². The van der Waals surface area contributed by atoms with E-state index in [4.69, 9.17) is 0 Å². The molecule has 44 valence electrons. The standard InChI is InChI=1S/C5H6O2S/c1-4-2-8(7)3-5(4)6/h2H,3H2,1H3. The normalized spacial score (nSPS) is 28.4. The van der Waals surface area contributed by atoms with Gasteiger partial charge in [-0.2, -0.15) is 0 Å². The monoisotopic (exact) mass is 130 g/mol. The van der Waals surface area contributed by atoms with Crippen LogP contribution in [0.1, 0.15) is 6.92 Å². The molecule has 1 unspecified atom stereocenters. The van der Waals surface area contributed by atoms with Gasteiger partial charge in [0.15, 0.2) is 5.78 Å². The van der Waals surface area contributed by atoms with Gasteiger partial charge in [-0.05, 0) is 6.92 Å². The molecule has 0 aromatic rings. The van der Waals surface area contributed by atoms with E-state index in [1.807, 2.05) is 0 Å². The first-order chi connectivity index (χ1) is 3.70. The first kappa shape index (κ1) is 5.69. The largest absolute Gasteiger partial charge is 0.293 e. The van der Waals surface area contributed by atoms with E-state index in [2.05, 4.69) is 0 Å². The van der Waals surface area contributed by atoms with Crippen molar-refractivity contribution in [1.82, 2.24) is 0 Å². The Hall–Kier alpha value is -0.440. The van der Waals surface area contributed by atoms with Crippen molar-refractivity contribution in [3.05, 3.63) is 11.0 Å². The Balaban J connectivity index is 2.88. The average Bonchev–Trinajstić information content (AvgIpc) is 1.85. The van der Waals surface area contributed by atoms with Gasteiger partial charge in [0, 0.05) is 11.0 Å². The summed E-state index contributed by atoms with van der Waals surface area (Å²) in [5, 5.41) is 1.50. The minimum Gasteiger partial charge on any atom is -0.293 e. The van der Waals surface area contributed by atoms with Crippen LogP contribution in [0.3, 0.4) is 0 Å². The maximum atomic E-state index is 10.5. The lowest BCUT2D eigenvalue weighted by atomic mass is 10.3. The van der Waals surface area contributed by atoms with Crippen LogP contribution >= 0.6 is 0 Å². The molecule has 0 aliphatic carbocycles. The second-order valence-corrected chi connectivity index (χ2v) is 3.03. The van der Waals surface area contributed by atoms with Gasteiger partial charge in [-0.1, -0.05) is 0 Å². The van der Waals surface area contributed by atoms with Crippen LogP contribution in [0.25, 0.3) is 0 Å². The smallest absolute Gasteiger partial charge is 0.171 e. The molecule has 1 rings (SSSR count). The molecule has 0 amide bonds. The Morgan fingerprint density at radius 3 is 2.50 bits per heavy atom. The lowest BCUT2D eigenvalue weighted by Crippen LogP contribution is -1.99. The summed E-state index contributed by atoms with van der Waals surface area (Å²) in [6.45, 7) is 1.69.